The number of hydrogen-bond donors (Lipinski definition) is 6. The number of aliphatic hydroxyl groups excluding tert-OH is 1. The maximum atomic E-state index is 14.3. The van der Waals surface area contributed by atoms with Crippen LogP contribution >= 0.6 is 68.0 Å². The van der Waals surface area contributed by atoms with Gasteiger partial charge in [-0.25, -0.2) is 44.7 Å². The molecule has 8 aromatic heterocycles. The molecule has 10 rings (SSSR count). The zero-order chi connectivity index (χ0) is 56.4. The number of ketones is 1. The van der Waals surface area contributed by atoms with Crippen molar-refractivity contribution >= 4 is 103 Å². The lowest BCUT2D eigenvalue weighted by Crippen LogP contribution is -2.40. The lowest BCUT2D eigenvalue weighted by molar-refractivity contribution is -0.122. The van der Waals surface area contributed by atoms with Gasteiger partial charge >= 0.3 is 5.97 Å². The Morgan fingerprint density at radius 2 is 1.50 bits per heavy atom. The van der Waals surface area contributed by atoms with E-state index in [0.29, 0.717) is 79.5 Å². The minimum atomic E-state index is -1.27. The molecule has 410 valence electrons. The van der Waals surface area contributed by atoms with Crippen LogP contribution in [0.25, 0.3) is 49.2 Å². The van der Waals surface area contributed by atoms with E-state index in [1.54, 1.807) is 70.9 Å². The Labute approximate surface area is 479 Å². The maximum Gasteiger partial charge on any atom is 0.356 e. The van der Waals surface area contributed by atoms with Crippen LogP contribution in [-0.2, 0) is 20.9 Å². The predicted molar refractivity (Wildman–Crippen MR) is 302 cm³/mol. The largest absolute Gasteiger partial charge is 0.476 e. The van der Waals surface area contributed by atoms with Gasteiger partial charge in [0.2, 0.25) is 11.8 Å². The molecule has 80 heavy (non-hydrogen) atoms. The third-order valence-electron chi connectivity index (χ3n) is 12.7. The van der Waals surface area contributed by atoms with E-state index >= 15 is 0 Å². The van der Waals surface area contributed by atoms with Gasteiger partial charge in [0.15, 0.2) is 11.5 Å². The SMILES string of the molecule is CNC(=O)C[C@@H]1NC(=O)c2csc(n2)-c2ccc(-c3nc(-n4cnc(C(=O)O)c4)cs3)nc2-c2csc(n2)-c2csc(n2)[C@H]([C@@H](O)c2ccccc2)NC(=O)CNC(=O)c2nc(sc2COC)[C@H](C(C)C)CC(=O)c2nc1sc2C. The number of aromatic carboxylic acids is 1. The first-order valence-corrected chi connectivity index (χ1v) is 29.6. The minimum absolute atomic E-state index is 0.0311. The van der Waals surface area contributed by atoms with Crippen LogP contribution in [0.2, 0.25) is 0 Å². The standard InChI is InChI=1S/C52H47N13O9S6/c1-23(2)27-13-34(66)39-24(3)79-50(63-39)29(14-37(67)53-4)57-44(70)32-19-75-46(59-32)26-11-12-28(48-61-36(21-78-48)65-16-30(52(72)73)55-22-65)56-40(26)31-18-76-49(58-31)33-20-77-51(60-33)42(43(69)25-9-7-6-8-10-25)62-38(68)15-54-45(71)41-35(17-74-5)80-47(27)64-41/h6-12,16,18-23,27,29,42-43,69H,13-15,17H2,1-5H3,(H,53,67)(H,54,71)(H,57,70)(H,62,68)(H,72,73)/t27-,29-,42-,43-/m0/s1. The molecule has 0 saturated heterocycles. The molecule has 0 aliphatic carbocycles. The van der Waals surface area contributed by atoms with Crippen molar-refractivity contribution in [1.29, 1.82) is 0 Å². The van der Waals surface area contributed by atoms with Gasteiger partial charge in [0, 0.05) is 64.7 Å². The molecule has 0 unspecified atom stereocenters. The summed E-state index contributed by atoms with van der Waals surface area (Å²) in [5, 5.41) is 41.9. The third kappa shape index (κ3) is 11.9. The van der Waals surface area contributed by atoms with Gasteiger partial charge in [-0.2, -0.15) is 0 Å². The quantitative estimate of drug-likeness (QED) is 0.0753. The van der Waals surface area contributed by atoms with Crippen LogP contribution in [0.4, 0.5) is 0 Å². The highest BCUT2D eigenvalue weighted by atomic mass is 32.1. The molecule has 0 saturated carbocycles. The highest BCUT2D eigenvalue weighted by Crippen LogP contribution is 2.41. The van der Waals surface area contributed by atoms with E-state index in [0.717, 1.165) is 0 Å². The number of methoxy groups -OCH3 is 1. The molecule has 0 radical (unpaired) electrons. The van der Waals surface area contributed by atoms with Gasteiger partial charge in [-0.1, -0.05) is 44.2 Å². The summed E-state index contributed by atoms with van der Waals surface area (Å²) in [5.41, 5.74) is 2.80. The van der Waals surface area contributed by atoms with Crippen molar-refractivity contribution in [3.05, 3.63) is 130 Å². The number of carbonyl (C=O) groups is 6. The van der Waals surface area contributed by atoms with E-state index in [-0.39, 0.29) is 59.8 Å². The number of thiazole rings is 6. The summed E-state index contributed by atoms with van der Waals surface area (Å²) in [6.45, 7) is 5.17. The summed E-state index contributed by atoms with van der Waals surface area (Å²) >= 11 is 7.34. The first-order valence-electron chi connectivity index (χ1n) is 24.5. The number of carbonyl (C=O) groups excluding carboxylic acids is 5. The van der Waals surface area contributed by atoms with Crippen molar-refractivity contribution in [2.45, 2.75) is 64.3 Å². The normalized spacial score (nSPS) is 16.7. The highest BCUT2D eigenvalue weighted by molar-refractivity contribution is 7.15. The number of pyridine rings is 1. The van der Waals surface area contributed by atoms with E-state index in [9.17, 15) is 39.0 Å². The number of carboxylic acids is 1. The van der Waals surface area contributed by atoms with Crippen molar-refractivity contribution in [3.63, 3.8) is 0 Å². The second-order valence-corrected chi connectivity index (χ2v) is 24.2. The molecule has 0 fully saturated rings. The fraction of sp³-hybridized carbons (Fsp3) is 0.269. The summed E-state index contributed by atoms with van der Waals surface area (Å²) in [6.07, 6.45) is 1.22. The molecule has 6 N–H and O–H groups in total. The van der Waals surface area contributed by atoms with Gasteiger partial charge in [-0.05, 0) is 30.5 Å². The van der Waals surface area contributed by atoms with Gasteiger partial charge in [0.05, 0.1) is 41.2 Å². The summed E-state index contributed by atoms with van der Waals surface area (Å²) in [4.78, 5) is 120. The molecule has 1 aromatic carbocycles. The molecule has 9 heterocycles. The molecule has 0 spiro atoms. The summed E-state index contributed by atoms with van der Waals surface area (Å²) in [6, 6.07) is 10.3. The third-order valence-corrected chi connectivity index (χ3v) is 18.4. The number of nitrogens with zero attached hydrogens (tertiary/aromatic N) is 9. The second-order valence-electron chi connectivity index (χ2n) is 18.4. The average Bonchev–Trinajstić information content (AvgIpc) is 4.34. The number of nitrogens with one attached hydrogen (secondary N) is 4. The number of Topliss-reactive ketones (excluding diaryl/α,β-unsaturated/α-hetero) is 1. The molecule has 28 heteroatoms. The number of carboxylic acid groups (broad SMARTS) is 1. The van der Waals surface area contributed by atoms with Crippen LogP contribution in [0.5, 0.6) is 0 Å². The fourth-order valence-corrected chi connectivity index (χ4v) is 14.1. The number of ether oxygens (including phenoxy) is 1. The number of aliphatic hydroxyl groups is 1. The summed E-state index contributed by atoms with van der Waals surface area (Å²) in [5.74, 6) is -3.92. The Hall–Kier alpha value is -7.70. The van der Waals surface area contributed by atoms with Gasteiger partial charge < -0.3 is 36.2 Å². The van der Waals surface area contributed by atoms with E-state index in [1.165, 1.54) is 99.3 Å². The molecule has 22 nitrogen and oxygen atoms in total. The van der Waals surface area contributed by atoms with Crippen molar-refractivity contribution in [1.82, 2.24) is 65.7 Å². The van der Waals surface area contributed by atoms with E-state index in [1.807, 2.05) is 13.8 Å². The minimum Gasteiger partial charge on any atom is -0.476 e. The topological polar surface area (TPSA) is 308 Å². The van der Waals surface area contributed by atoms with Crippen molar-refractivity contribution < 1.29 is 43.7 Å². The Morgan fingerprint density at radius 1 is 0.775 bits per heavy atom. The number of aryl methyl sites for hydroxylation is 1. The van der Waals surface area contributed by atoms with Gasteiger partial charge in [-0.3, -0.25) is 28.5 Å². The van der Waals surface area contributed by atoms with Gasteiger partial charge in [0.25, 0.3) is 11.8 Å². The molecule has 1 aliphatic heterocycles. The molecule has 4 amide bonds. The van der Waals surface area contributed by atoms with Crippen LogP contribution in [0.3, 0.4) is 0 Å². The Kier molecular flexibility index (Phi) is 16.6. The first-order chi connectivity index (χ1) is 38.5. The van der Waals surface area contributed by atoms with E-state index in [4.69, 9.17) is 39.6 Å². The predicted octanol–water partition coefficient (Wildman–Crippen LogP) is 8.08. The Balaban J connectivity index is 1.06. The van der Waals surface area contributed by atoms with Crippen molar-refractivity contribution in [2.24, 2.45) is 5.92 Å². The number of rotatable bonds is 10. The van der Waals surface area contributed by atoms with Crippen molar-refractivity contribution in [2.75, 3.05) is 20.7 Å². The zero-order valence-electron chi connectivity index (χ0n) is 42.9. The summed E-state index contributed by atoms with van der Waals surface area (Å²) in [7, 11) is 2.97. The van der Waals surface area contributed by atoms with Gasteiger partial charge in [0.1, 0.15) is 83.5 Å². The van der Waals surface area contributed by atoms with Crippen LogP contribution in [0, 0.1) is 12.8 Å². The Morgan fingerprint density at radius 3 is 2.25 bits per heavy atom. The van der Waals surface area contributed by atoms with Crippen LogP contribution in [-0.4, -0.2) is 111 Å². The number of amides is 4. The number of imidazole rings is 1. The summed E-state index contributed by atoms with van der Waals surface area (Å²) < 4.78 is 6.96. The van der Waals surface area contributed by atoms with Gasteiger partial charge in [-0.15, -0.1) is 68.0 Å². The van der Waals surface area contributed by atoms with E-state index in [2.05, 4.69) is 26.3 Å². The van der Waals surface area contributed by atoms with E-state index < -0.39 is 54.3 Å². The maximum absolute atomic E-state index is 14.3. The molecule has 4 atom stereocenters. The fourth-order valence-electron chi connectivity index (χ4n) is 8.51. The number of aromatic nitrogens is 9. The number of fused-ring (bicyclic) bond motifs is 14. The molecule has 9 aromatic rings. The van der Waals surface area contributed by atoms with Crippen LogP contribution in [0.1, 0.15) is 123 Å². The molecular formula is C52H47N13O9S6. The molecular weight excluding hydrogens is 1140 g/mol. The lowest BCUT2D eigenvalue weighted by atomic mass is 9.90. The smallest absolute Gasteiger partial charge is 0.356 e. The number of benzene rings is 1. The lowest BCUT2D eigenvalue weighted by Gasteiger charge is -2.23. The van der Waals surface area contributed by atoms with Crippen LogP contribution in [0.15, 0.2) is 76.5 Å². The second kappa shape index (κ2) is 23.9. The van der Waals surface area contributed by atoms with Crippen molar-refractivity contribution in [3.8, 4) is 49.2 Å². The monoisotopic (exact) mass is 1190 g/mol. The van der Waals surface area contributed by atoms with Crippen LogP contribution < -0.4 is 21.3 Å². The molecule has 1 aliphatic rings. The number of hydrogen-bond acceptors (Lipinski definition) is 22. The zero-order valence-corrected chi connectivity index (χ0v) is 47.8. The first kappa shape index (κ1) is 55.6. The average molecular weight is 1190 g/mol. The molecule has 10 bridgehead atoms. The highest BCUT2D eigenvalue weighted by Gasteiger charge is 2.33. The Bertz CT molecular complexity index is 3800.